The van der Waals surface area contributed by atoms with E-state index in [0.29, 0.717) is 16.6 Å². The molecule has 11 heteroatoms. The molecule has 31 heavy (non-hydrogen) atoms. The summed E-state index contributed by atoms with van der Waals surface area (Å²) in [5.41, 5.74) is 0.881. The lowest BCUT2D eigenvalue weighted by Gasteiger charge is -2.10. The predicted molar refractivity (Wildman–Crippen MR) is 118 cm³/mol. The lowest BCUT2D eigenvalue weighted by Crippen LogP contribution is -2.13. The van der Waals surface area contributed by atoms with Crippen molar-refractivity contribution >= 4 is 59.2 Å². The number of alkyl halides is 1. The van der Waals surface area contributed by atoms with E-state index >= 15 is 0 Å². The highest BCUT2D eigenvalue weighted by molar-refractivity contribution is 7.85. The van der Waals surface area contributed by atoms with E-state index in [2.05, 4.69) is 5.32 Å². The molecule has 162 valence electrons. The van der Waals surface area contributed by atoms with E-state index in [1.807, 2.05) is 0 Å². The second-order valence-corrected chi connectivity index (χ2v) is 9.25. The summed E-state index contributed by atoms with van der Waals surface area (Å²) in [5, 5.41) is 13.4. The summed E-state index contributed by atoms with van der Waals surface area (Å²) < 4.78 is 54.6. The maximum atomic E-state index is 12.6. The first kappa shape index (κ1) is 22.8. The molecule has 0 saturated heterocycles. The number of hydrogen-bond donors (Lipinski definition) is 3. The van der Waals surface area contributed by atoms with Crippen LogP contribution in [0.25, 0.3) is 10.8 Å². The normalized spacial score (nSPS) is 11.3. The van der Waals surface area contributed by atoms with Crippen LogP contribution in [0.1, 0.15) is 22.3 Å². The molecule has 0 aliphatic heterocycles. The minimum absolute atomic E-state index is 0.0925. The Morgan fingerprint density at radius 3 is 2.39 bits per heavy atom. The number of fused-ring (bicyclic) bond motifs is 1. The van der Waals surface area contributed by atoms with E-state index in [9.17, 15) is 26.7 Å². The molecule has 0 aliphatic carbocycles. The average Bonchev–Trinajstić information content (AvgIpc) is 2.71. The number of rotatable bonds is 6. The molecule has 0 heterocycles. The highest BCUT2D eigenvalue weighted by atomic mass is 35.5. The van der Waals surface area contributed by atoms with Crippen molar-refractivity contribution in [1.82, 2.24) is 0 Å². The summed E-state index contributed by atoms with van der Waals surface area (Å²) in [6, 6.07) is 12.6. The molecule has 8 nitrogen and oxygen atoms in total. The van der Waals surface area contributed by atoms with Crippen molar-refractivity contribution in [3.05, 3.63) is 65.7 Å². The Labute approximate surface area is 184 Å². The number of anilines is 1. The number of phenolic OH excluding ortho intramolecular Hbond substituents is 1. The molecular weight excluding hydrogens is 466 g/mol. The first-order chi connectivity index (χ1) is 14.6. The molecule has 3 aromatic carbocycles. The maximum absolute atomic E-state index is 12.6. The monoisotopic (exact) mass is 481 g/mol. The van der Waals surface area contributed by atoms with Crippen molar-refractivity contribution in [2.24, 2.45) is 0 Å². The van der Waals surface area contributed by atoms with Crippen LogP contribution in [0.4, 0.5) is 5.69 Å². The van der Waals surface area contributed by atoms with Crippen LogP contribution < -0.4 is 5.32 Å². The highest BCUT2D eigenvalue weighted by Crippen LogP contribution is 2.31. The summed E-state index contributed by atoms with van der Waals surface area (Å²) in [4.78, 5) is 12.3. The van der Waals surface area contributed by atoms with Gasteiger partial charge in [0.25, 0.3) is 16.0 Å². The number of benzene rings is 3. The van der Waals surface area contributed by atoms with Crippen molar-refractivity contribution in [3.8, 4) is 5.75 Å². The molecule has 0 atom stereocenters. The lowest BCUT2D eigenvalue weighted by atomic mass is 10.1. The molecule has 1 amide bonds. The van der Waals surface area contributed by atoms with E-state index < -0.39 is 31.2 Å². The summed E-state index contributed by atoms with van der Waals surface area (Å²) in [6.45, 7) is 0. The summed E-state index contributed by atoms with van der Waals surface area (Å²) in [6.07, 6.45) is 0.123. The van der Waals surface area contributed by atoms with Crippen LogP contribution in [0.2, 0.25) is 0 Å². The molecule has 0 radical (unpaired) electrons. The molecule has 3 aromatic rings. The predicted octanol–water partition coefficient (Wildman–Crippen LogP) is 3.07. The van der Waals surface area contributed by atoms with Crippen LogP contribution in [0, 0.1) is 0 Å². The third-order valence-corrected chi connectivity index (χ3v) is 6.29. The van der Waals surface area contributed by atoms with E-state index in [1.165, 1.54) is 36.4 Å². The Hall–Kier alpha value is -2.92. The molecular formula is C20H16ClNO7S2. The fraction of sp³-hybridized carbons (Fsp3) is 0.100. The molecule has 3 N–H and O–H groups in total. The van der Waals surface area contributed by atoms with Gasteiger partial charge in [0.15, 0.2) is 0 Å². The third-order valence-electron chi connectivity index (χ3n) is 4.43. The Kier molecular flexibility index (Phi) is 6.65. The Bertz CT molecular complexity index is 1420. The molecule has 3 rings (SSSR count). The van der Waals surface area contributed by atoms with Gasteiger partial charge in [0.05, 0.1) is 9.76 Å². The van der Waals surface area contributed by atoms with Gasteiger partial charge in [0.1, 0.15) is 5.75 Å². The molecule has 0 unspecified atom stereocenters. The molecule has 0 saturated carbocycles. The van der Waals surface area contributed by atoms with Gasteiger partial charge in [-0.1, -0.05) is 18.2 Å². The second-order valence-electron chi connectivity index (χ2n) is 6.49. The zero-order valence-corrected chi connectivity index (χ0v) is 18.1. The summed E-state index contributed by atoms with van der Waals surface area (Å²) in [7, 11) is -6.97. The number of amides is 1. The van der Waals surface area contributed by atoms with Gasteiger partial charge in [-0.2, -0.15) is 16.8 Å². The number of carbonyl (C=O) groups excluding carboxylic acids is 1. The number of carbonyl (C=O) groups is 1. The van der Waals surface area contributed by atoms with Crippen LogP contribution in [0.5, 0.6) is 5.75 Å². The number of nitrogens with one attached hydrogen (secondary N) is 1. The van der Waals surface area contributed by atoms with Crippen LogP contribution >= 0.6 is 11.6 Å². The van der Waals surface area contributed by atoms with Gasteiger partial charge in [-0.3, -0.25) is 9.35 Å². The zero-order valence-electron chi connectivity index (χ0n) is 15.7. The van der Waals surface area contributed by atoms with Gasteiger partial charge in [-0.15, -0.1) is 11.6 Å². The Morgan fingerprint density at radius 2 is 1.74 bits per heavy atom. The summed E-state index contributed by atoms with van der Waals surface area (Å²) >= 11 is 5.65. The molecule has 0 aromatic heterocycles. The van der Waals surface area contributed by atoms with Gasteiger partial charge < -0.3 is 10.4 Å². The standard InChI is InChI=1S/C20H16ClNO7S2/c21-7-6-19(30(25)26)13-2-1-3-14(8-13)20(24)22-15-5-4-12-9-16(31(27,28)29)11-18(23)17(12)10-15/h1-5,8-11,23H,6-7H2,(H,22,24)(H,27,28,29). The van der Waals surface area contributed by atoms with Gasteiger partial charge in [-0.25, -0.2) is 0 Å². The quantitative estimate of drug-likeness (QED) is 0.213. The first-order valence-corrected chi connectivity index (χ1v) is 11.8. The van der Waals surface area contributed by atoms with Gasteiger partial charge in [0.2, 0.25) is 10.3 Å². The van der Waals surface area contributed by atoms with Gasteiger partial charge in [0, 0.05) is 35.0 Å². The zero-order chi connectivity index (χ0) is 22.8. The maximum Gasteiger partial charge on any atom is 0.294 e. The lowest BCUT2D eigenvalue weighted by molar-refractivity contribution is 0.102. The first-order valence-electron chi connectivity index (χ1n) is 8.77. The molecule has 0 bridgehead atoms. The fourth-order valence-corrected chi connectivity index (χ4v) is 4.41. The van der Waals surface area contributed by atoms with Crippen molar-refractivity contribution < 1.29 is 31.3 Å². The number of aromatic hydroxyl groups is 1. The van der Waals surface area contributed by atoms with Gasteiger partial charge in [-0.05, 0) is 41.3 Å². The minimum atomic E-state index is -4.49. The Morgan fingerprint density at radius 1 is 1.03 bits per heavy atom. The highest BCUT2D eigenvalue weighted by Gasteiger charge is 2.15. The SMILES string of the molecule is O=C(Nc1ccc2cc(S(=O)(=O)O)cc(O)c2c1)c1cccc(C(CCCl)=S(=O)=O)c1. The number of halogens is 1. The van der Waals surface area contributed by atoms with E-state index in [1.54, 1.807) is 12.1 Å². The van der Waals surface area contributed by atoms with Crippen molar-refractivity contribution in [2.45, 2.75) is 11.3 Å². The van der Waals surface area contributed by atoms with E-state index in [0.717, 1.165) is 6.07 Å². The van der Waals surface area contributed by atoms with Crippen molar-refractivity contribution in [1.29, 1.82) is 0 Å². The van der Waals surface area contributed by atoms with Gasteiger partial charge >= 0.3 is 0 Å². The average molecular weight is 482 g/mol. The topological polar surface area (TPSA) is 138 Å². The third kappa shape index (κ3) is 5.23. The molecule has 0 aliphatic rings. The van der Waals surface area contributed by atoms with Crippen LogP contribution in [0.15, 0.2) is 59.5 Å². The smallest absolute Gasteiger partial charge is 0.294 e. The largest absolute Gasteiger partial charge is 0.507 e. The minimum Gasteiger partial charge on any atom is -0.507 e. The number of phenols is 1. The summed E-state index contributed by atoms with van der Waals surface area (Å²) in [5.74, 6) is -0.793. The van der Waals surface area contributed by atoms with Crippen LogP contribution in [-0.4, -0.2) is 43.1 Å². The second kappa shape index (κ2) is 9.06. The molecule has 0 spiro atoms. The molecule has 0 fully saturated rings. The van der Waals surface area contributed by atoms with Crippen molar-refractivity contribution in [3.63, 3.8) is 0 Å². The van der Waals surface area contributed by atoms with Crippen molar-refractivity contribution in [2.75, 3.05) is 11.2 Å². The van der Waals surface area contributed by atoms with E-state index in [-0.39, 0.29) is 33.9 Å². The van der Waals surface area contributed by atoms with Crippen LogP contribution in [0.3, 0.4) is 0 Å². The fourth-order valence-electron chi connectivity index (χ4n) is 2.98. The van der Waals surface area contributed by atoms with E-state index in [4.69, 9.17) is 16.2 Å². The van der Waals surface area contributed by atoms with Crippen LogP contribution in [-0.2, 0) is 20.4 Å². The Balaban J connectivity index is 1.93. The number of hydrogen-bond acceptors (Lipinski definition) is 6.